The topological polar surface area (TPSA) is 179 Å². The summed E-state index contributed by atoms with van der Waals surface area (Å²) in [6.45, 7) is 5.84. The third-order valence-corrected chi connectivity index (χ3v) is 9.45. The molecule has 2 aromatic carbocycles. The number of fused-ring (bicyclic) bond motifs is 2. The van der Waals surface area contributed by atoms with Gasteiger partial charge in [0.1, 0.15) is 28.8 Å². The lowest BCUT2D eigenvalue weighted by molar-refractivity contribution is -0.136. The molecule has 4 rings (SSSR count). The van der Waals surface area contributed by atoms with Crippen molar-refractivity contribution in [3.05, 3.63) is 81.6 Å². The first-order chi connectivity index (χ1) is 24.7. The van der Waals surface area contributed by atoms with E-state index in [1.54, 1.807) is 13.8 Å². The minimum absolute atomic E-state index is 0.0217. The SMILES string of the molecule is COc1cc(C(=O)N2CCN(C)C(=O)[C@@H](C)NC(=O)[C@H](C(C)C)NC(=O)[C@H](C)NC(=O)c3csc(n3)[C@H](Cc3ccccc3)NC(=O)C2)ccc1F. The third kappa shape index (κ3) is 10.1. The Bertz CT molecular complexity index is 1790. The smallest absolute Gasteiger partial charge is 0.271 e. The van der Waals surface area contributed by atoms with Crippen molar-refractivity contribution in [2.45, 2.75) is 58.3 Å². The predicted molar refractivity (Wildman–Crippen MR) is 191 cm³/mol. The Morgan fingerprint density at radius 3 is 2.35 bits per heavy atom. The fraction of sp³-hybridized carbons (Fsp3) is 0.417. The molecule has 1 aromatic heterocycles. The highest BCUT2D eigenvalue weighted by atomic mass is 32.1. The summed E-state index contributed by atoms with van der Waals surface area (Å²) < 4.78 is 19.3. The van der Waals surface area contributed by atoms with Gasteiger partial charge in [-0.25, -0.2) is 9.37 Å². The Labute approximate surface area is 305 Å². The van der Waals surface area contributed by atoms with Crippen LogP contribution in [0.1, 0.15) is 65.2 Å². The molecule has 1 aliphatic rings. The summed E-state index contributed by atoms with van der Waals surface area (Å²) in [5, 5.41) is 12.8. The number of aromatic nitrogens is 1. The van der Waals surface area contributed by atoms with Crippen LogP contribution >= 0.6 is 11.3 Å². The Balaban J connectivity index is 1.71. The first kappa shape index (κ1) is 39.4. The molecule has 52 heavy (non-hydrogen) atoms. The van der Waals surface area contributed by atoms with Crippen molar-refractivity contribution in [1.29, 1.82) is 0 Å². The van der Waals surface area contributed by atoms with Crippen LogP contribution in [0.3, 0.4) is 0 Å². The van der Waals surface area contributed by atoms with E-state index in [4.69, 9.17) is 4.74 Å². The molecule has 4 atom stereocenters. The number of carbonyl (C=O) groups is 6. The van der Waals surface area contributed by atoms with Crippen molar-refractivity contribution in [1.82, 2.24) is 36.1 Å². The maximum absolute atomic E-state index is 14.2. The number of hydrogen-bond donors (Lipinski definition) is 4. The molecular weight excluding hydrogens is 694 g/mol. The van der Waals surface area contributed by atoms with Crippen molar-refractivity contribution in [2.24, 2.45) is 5.92 Å². The van der Waals surface area contributed by atoms with E-state index < -0.39 is 72.0 Å². The molecule has 0 saturated carbocycles. The number of likely N-dealkylation sites (N-methyl/N-ethyl adjacent to an activating group) is 1. The summed E-state index contributed by atoms with van der Waals surface area (Å²) in [6, 6.07) is 9.09. The molecule has 0 radical (unpaired) electrons. The molecule has 0 spiro atoms. The molecular formula is C36H44FN7O7S. The van der Waals surface area contributed by atoms with Gasteiger partial charge in [-0.1, -0.05) is 44.2 Å². The zero-order valence-electron chi connectivity index (χ0n) is 29.9. The van der Waals surface area contributed by atoms with Gasteiger partial charge >= 0.3 is 0 Å². The Morgan fingerprint density at radius 2 is 1.67 bits per heavy atom. The summed E-state index contributed by atoms with van der Waals surface area (Å²) in [5.41, 5.74) is 0.945. The van der Waals surface area contributed by atoms with E-state index in [1.165, 1.54) is 55.3 Å². The Kier molecular flexibility index (Phi) is 13.4. The number of ether oxygens (including phenoxy) is 1. The van der Waals surface area contributed by atoms with Crippen molar-refractivity contribution >= 4 is 46.8 Å². The second kappa shape index (κ2) is 17.7. The van der Waals surface area contributed by atoms with E-state index in [0.717, 1.165) is 23.0 Å². The van der Waals surface area contributed by atoms with Crippen LogP contribution in [-0.2, 0) is 25.6 Å². The highest BCUT2D eigenvalue weighted by Crippen LogP contribution is 2.24. The normalized spacial score (nSPS) is 21.4. The molecule has 0 aliphatic carbocycles. The minimum Gasteiger partial charge on any atom is -0.494 e. The molecule has 3 aromatic rings. The molecule has 14 nitrogen and oxygen atoms in total. The first-order valence-corrected chi connectivity index (χ1v) is 17.6. The average Bonchev–Trinajstić information content (AvgIpc) is 3.62. The number of halogens is 1. The largest absolute Gasteiger partial charge is 0.494 e. The predicted octanol–water partition coefficient (Wildman–Crippen LogP) is 2.07. The van der Waals surface area contributed by atoms with Gasteiger partial charge in [0.2, 0.25) is 23.6 Å². The number of hydrogen-bond acceptors (Lipinski definition) is 9. The Morgan fingerprint density at radius 1 is 0.962 bits per heavy atom. The van der Waals surface area contributed by atoms with Gasteiger partial charge in [0, 0.05) is 31.1 Å². The van der Waals surface area contributed by atoms with Crippen molar-refractivity contribution < 1.29 is 37.9 Å². The molecule has 16 heteroatoms. The number of methoxy groups -OCH3 is 1. The molecule has 0 saturated heterocycles. The van der Waals surface area contributed by atoms with Crippen molar-refractivity contribution in [3.8, 4) is 5.75 Å². The van der Waals surface area contributed by atoms with Gasteiger partial charge in [-0.05, 0) is 49.9 Å². The highest BCUT2D eigenvalue weighted by molar-refractivity contribution is 7.09. The maximum Gasteiger partial charge on any atom is 0.271 e. The lowest BCUT2D eigenvalue weighted by atomic mass is 10.0. The van der Waals surface area contributed by atoms with Crippen LogP contribution in [-0.4, -0.2) is 102 Å². The van der Waals surface area contributed by atoms with Crippen LogP contribution in [0.5, 0.6) is 5.75 Å². The highest BCUT2D eigenvalue weighted by Gasteiger charge is 2.31. The molecule has 278 valence electrons. The average molecular weight is 738 g/mol. The lowest BCUT2D eigenvalue weighted by Gasteiger charge is -2.29. The molecule has 2 bridgehead atoms. The number of rotatable bonds is 5. The van der Waals surface area contributed by atoms with Crippen molar-refractivity contribution in [3.63, 3.8) is 0 Å². The van der Waals surface area contributed by atoms with E-state index >= 15 is 0 Å². The molecule has 4 N–H and O–H groups in total. The third-order valence-electron chi connectivity index (χ3n) is 8.49. The van der Waals surface area contributed by atoms with Gasteiger partial charge < -0.3 is 35.8 Å². The summed E-state index contributed by atoms with van der Waals surface area (Å²) in [5.74, 6) is -4.72. The molecule has 2 heterocycles. The second-order valence-corrected chi connectivity index (χ2v) is 13.8. The van der Waals surface area contributed by atoms with Crippen LogP contribution in [0.2, 0.25) is 0 Å². The molecule has 6 amide bonds. The van der Waals surface area contributed by atoms with Gasteiger partial charge in [0.25, 0.3) is 11.8 Å². The van der Waals surface area contributed by atoms with Crippen LogP contribution < -0.4 is 26.0 Å². The van der Waals surface area contributed by atoms with Crippen LogP contribution in [0.4, 0.5) is 4.39 Å². The number of nitrogens with one attached hydrogen (secondary N) is 4. The summed E-state index contributed by atoms with van der Waals surface area (Å²) in [6.07, 6.45) is 0.301. The minimum atomic E-state index is -1.05. The fourth-order valence-corrected chi connectivity index (χ4v) is 6.32. The quantitative estimate of drug-likeness (QED) is 0.308. The lowest BCUT2D eigenvalue weighted by Crippen LogP contribution is -2.57. The van der Waals surface area contributed by atoms with Gasteiger partial charge in [-0.15, -0.1) is 11.3 Å². The number of thiazole rings is 1. The summed E-state index contributed by atoms with van der Waals surface area (Å²) in [4.78, 5) is 87.6. The van der Waals surface area contributed by atoms with E-state index in [1.807, 2.05) is 30.3 Å². The number of benzene rings is 2. The van der Waals surface area contributed by atoms with Crippen LogP contribution in [0.25, 0.3) is 0 Å². The fourth-order valence-electron chi connectivity index (χ4n) is 5.47. The van der Waals surface area contributed by atoms with E-state index in [0.29, 0.717) is 11.4 Å². The molecule has 1 aliphatic heterocycles. The van der Waals surface area contributed by atoms with E-state index in [2.05, 4.69) is 26.3 Å². The van der Waals surface area contributed by atoms with Gasteiger partial charge in [0.15, 0.2) is 11.6 Å². The zero-order valence-corrected chi connectivity index (χ0v) is 30.7. The number of nitrogens with zero attached hydrogens (tertiary/aromatic N) is 3. The summed E-state index contributed by atoms with van der Waals surface area (Å²) >= 11 is 1.14. The monoisotopic (exact) mass is 737 g/mol. The zero-order chi connectivity index (χ0) is 38.1. The van der Waals surface area contributed by atoms with Crippen LogP contribution in [0.15, 0.2) is 53.9 Å². The van der Waals surface area contributed by atoms with Gasteiger partial charge in [-0.3, -0.25) is 28.8 Å². The van der Waals surface area contributed by atoms with Gasteiger partial charge in [0.05, 0.1) is 19.7 Å². The number of amides is 6. The van der Waals surface area contributed by atoms with E-state index in [9.17, 15) is 33.2 Å². The first-order valence-electron chi connectivity index (χ1n) is 16.8. The van der Waals surface area contributed by atoms with Crippen molar-refractivity contribution in [2.75, 3.05) is 33.8 Å². The standard InChI is InChI=1S/C36H44FN7O7S/c1-20(2)30-33(48)39-22(4)35(49)43(5)14-15-44(36(50)24-12-13-25(37)28(17-24)51-6)18-29(45)40-26(16-23-10-8-7-9-11-23)34-41-27(19-52-34)32(47)38-21(3)31(46)42-30/h7-13,17,19-22,26,30H,14-16,18H2,1-6H3,(H,38,47)(H,39,48)(H,40,45)(H,42,46)/t21-,22+,26-,30-/m0/s1. The van der Waals surface area contributed by atoms with E-state index in [-0.39, 0.29) is 36.0 Å². The second-order valence-electron chi connectivity index (χ2n) is 12.9. The molecule has 0 fully saturated rings. The maximum atomic E-state index is 14.2. The Hall–Kier alpha value is -5.38. The molecule has 0 unspecified atom stereocenters. The van der Waals surface area contributed by atoms with Crippen LogP contribution in [0, 0.1) is 11.7 Å². The summed E-state index contributed by atoms with van der Waals surface area (Å²) in [7, 11) is 2.76. The van der Waals surface area contributed by atoms with Gasteiger partial charge in [-0.2, -0.15) is 0 Å². The number of carbonyl (C=O) groups excluding carboxylic acids is 6.